The fourth-order valence-corrected chi connectivity index (χ4v) is 5.69. The van der Waals surface area contributed by atoms with E-state index in [0.717, 1.165) is 6.04 Å². The molecule has 1 unspecified atom stereocenters. The van der Waals surface area contributed by atoms with E-state index in [-0.39, 0.29) is 6.10 Å². The number of allylic oxidation sites excluding steroid dienone is 1. The molecule has 0 N–H and O–H groups in total. The van der Waals surface area contributed by atoms with Crippen molar-refractivity contribution in [1.29, 1.82) is 0 Å². The minimum atomic E-state index is -2.31. The van der Waals surface area contributed by atoms with Crippen LogP contribution in [0.4, 0.5) is 0 Å². The second kappa shape index (κ2) is 4.94. The summed E-state index contributed by atoms with van der Waals surface area (Å²) >= 11 is 6.63. The van der Waals surface area contributed by atoms with Gasteiger partial charge in [-0.15, -0.1) is 17.7 Å². The van der Waals surface area contributed by atoms with Gasteiger partial charge in [0.2, 0.25) is 0 Å². The van der Waals surface area contributed by atoms with E-state index in [4.69, 9.17) is 15.5 Å². The topological polar surface area (TPSA) is 12.5 Å². The Bertz CT molecular complexity index is 400. The molecule has 1 heterocycles. The predicted molar refractivity (Wildman–Crippen MR) is 74.1 cm³/mol. The zero-order valence-corrected chi connectivity index (χ0v) is 12.0. The van der Waals surface area contributed by atoms with Gasteiger partial charge in [0.15, 0.2) is 0 Å². The number of rotatable bonds is 3. The minimum Gasteiger partial charge on any atom is -0.383 e. The molecule has 1 saturated heterocycles. The van der Waals surface area contributed by atoms with Crippen LogP contribution in [0, 0.1) is 0 Å². The Kier molecular flexibility index (Phi) is 3.73. The van der Waals surface area contributed by atoms with Gasteiger partial charge < -0.3 is 4.43 Å². The molecule has 1 aliphatic heterocycles. The van der Waals surface area contributed by atoms with Gasteiger partial charge in [0.1, 0.15) is 0 Å². The first-order valence-corrected chi connectivity index (χ1v) is 8.91. The van der Waals surface area contributed by atoms with Gasteiger partial charge in [-0.1, -0.05) is 36.4 Å². The van der Waals surface area contributed by atoms with Crippen LogP contribution in [-0.2, 0) is 4.43 Å². The Balaban J connectivity index is 2.25. The van der Waals surface area contributed by atoms with Gasteiger partial charge in [0, 0.05) is 12.1 Å². The lowest BCUT2D eigenvalue weighted by Gasteiger charge is -2.24. The molecule has 2 rings (SSSR count). The highest BCUT2D eigenvalue weighted by molar-refractivity contribution is 7.15. The maximum absolute atomic E-state index is 6.63. The molecular weight excluding hydrogens is 250 g/mol. The standard InChI is InChI=1S/C13H18ClNOSi/c1-4-10-17(14)15(3)11(2)13(16-17)12-8-6-5-7-9-12/h4-9,11,13H,1,10H2,2-3H3/t11-,13-,17?/m1/s1. The third kappa shape index (κ3) is 2.33. The summed E-state index contributed by atoms with van der Waals surface area (Å²) in [5, 5.41) is 0. The summed E-state index contributed by atoms with van der Waals surface area (Å²) in [6.07, 6.45) is 1.93. The van der Waals surface area contributed by atoms with E-state index in [1.807, 2.05) is 24.3 Å². The first-order chi connectivity index (χ1) is 8.08. The minimum absolute atomic E-state index is 0.0744. The van der Waals surface area contributed by atoms with Crippen molar-refractivity contribution in [1.82, 2.24) is 4.57 Å². The number of hydrogen-bond donors (Lipinski definition) is 0. The molecule has 92 valence electrons. The van der Waals surface area contributed by atoms with Gasteiger partial charge in [-0.2, -0.15) is 0 Å². The van der Waals surface area contributed by atoms with Crippen molar-refractivity contribution in [2.45, 2.75) is 25.1 Å². The second-order valence-electron chi connectivity index (χ2n) is 4.48. The van der Waals surface area contributed by atoms with Gasteiger partial charge in [-0.05, 0) is 19.5 Å². The van der Waals surface area contributed by atoms with Gasteiger partial charge in [-0.3, -0.25) is 4.57 Å². The Morgan fingerprint density at radius 1 is 1.47 bits per heavy atom. The monoisotopic (exact) mass is 267 g/mol. The quantitative estimate of drug-likeness (QED) is 0.473. The normalized spacial score (nSPS) is 33.8. The number of nitrogens with zero attached hydrogens (tertiary/aromatic N) is 1. The van der Waals surface area contributed by atoms with Crippen molar-refractivity contribution in [3.63, 3.8) is 0 Å². The molecule has 1 aromatic carbocycles. The molecule has 3 atom stereocenters. The lowest BCUT2D eigenvalue weighted by atomic mass is 10.0. The van der Waals surface area contributed by atoms with Crippen LogP contribution in [0.3, 0.4) is 0 Å². The van der Waals surface area contributed by atoms with Crippen molar-refractivity contribution < 1.29 is 4.43 Å². The average Bonchev–Trinajstić information content (AvgIpc) is 2.56. The van der Waals surface area contributed by atoms with Crippen LogP contribution in [0.2, 0.25) is 6.04 Å². The number of benzene rings is 1. The van der Waals surface area contributed by atoms with Crippen molar-refractivity contribution >= 4 is 18.9 Å². The molecule has 4 heteroatoms. The Hall–Kier alpha value is -0.613. The third-order valence-electron chi connectivity index (χ3n) is 3.41. The highest BCUT2D eigenvalue weighted by Gasteiger charge is 2.51. The van der Waals surface area contributed by atoms with E-state index in [1.165, 1.54) is 5.56 Å². The van der Waals surface area contributed by atoms with Gasteiger partial charge in [-0.25, -0.2) is 0 Å². The SMILES string of the molecule is C=CC[Si]1(Cl)O[C@@H](c2ccccc2)[C@@H](C)N1C. The predicted octanol–water partition coefficient (Wildman–Crippen LogP) is 3.44. The van der Waals surface area contributed by atoms with Crippen LogP contribution < -0.4 is 0 Å². The first-order valence-electron chi connectivity index (χ1n) is 5.84. The zero-order valence-electron chi connectivity index (χ0n) is 10.3. The number of halogens is 1. The van der Waals surface area contributed by atoms with Crippen molar-refractivity contribution in [3.05, 3.63) is 48.6 Å². The van der Waals surface area contributed by atoms with Crippen LogP contribution in [0.15, 0.2) is 43.0 Å². The van der Waals surface area contributed by atoms with Gasteiger partial charge in [0.05, 0.1) is 6.10 Å². The smallest absolute Gasteiger partial charge is 0.377 e. The summed E-state index contributed by atoms with van der Waals surface area (Å²) in [5.41, 5.74) is 1.20. The fourth-order valence-electron chi connectivity index (χ4n) is 2.24. The van der Waals surface area contributed by atoms with Crippen molar-refractivity contribution in [2.75, 3.05) is 7.05 Å². The molecule has 0 radical (unpaired) electrons. The van der Waals surface area contributed by atoms with Crippen LogP contribution in [0.25, 0.3) is 0 Å². The van der Waals surface area contributed by atoms with Crippen molar-refractivity contribution in [3.8, 4) is 0 Å². The second-order valence-corrected chi connectivity index (χ2v) is 8.98. The third-order valence-corrected chi connectivity index (χ3v) is 7.81. The first kappa shape index (κ1) is 12.8. The molecule has 0 saturated carbocycles. The molecule has 17 heavy (non-hydrogen) atoms. The summed E-state index contributed by atoms with van der Waals surface area (Å²) in [6, 6.07) is 11.3. The molecule has 0 spiro atoms. The highest BCUT2D eigenvalue weighted by atomic mass is 35.6. The molecule has 0 bridgehead atoms. The molecule has 0 aliphatic carbocycles. The summed E-state index contributed by atoms with van der Waals surface area (Å²) in [4.78, 5) is 0. The lowest BCUT2D eigenvalue weighted by molar-refractivity contribution is 0.207. The highest BCUT2D eigenvalue weighted by Crippen LogP contribution is 2.41. The summed E-state index contributed by atoms with van der Waals surface area (Å²) in [5.74, 6) is 0. The lowest BCUT2D eigenvalue weighted by Crippen LogP contribution is -2.44. The Morgan fingerprint density at radius 2 is 2.12 bits per heavy atom. The maximum atomic E-state index is 6.63. The van der Waals surface area contributed by atoms with Gasteiger partial charge in [0.25, 0.3) is 0 Å². The Labute approximate surface area is 109 Å². The Morgan fingerprint density at radius 3 is 2.71 bits per heavy atom. The van der Waals surface area contributed by atoms with Gasteiger partial charge >= 0.3 is 7.79 Å². The summed E-state index contributed by atoms with van der Waals surface area (Å²) in [6.45, 7) is 5.93. The van der Waals surface area contributed by atoms with E-state index in [0.29, 0.717) is 6.04 Å². The summed E-state index contributed by atoms with van der Waals surface area (Å²) < 4.78 is 8.36. The molecule has 1 fully saturated rings. The van der Waals surface area contributed by atoms with Crippen LogP contribution >= 0.6 is 11.1 Å². The number of likely N-dealkylation sites (N-methyl/N-ethyl adjacent to an activating group) is 1. The molecule has 1 aliphatic rings. The van der Waals surface area contributed by atoms with E-state index in [1.54, 1.807) is 0 Å². The zero-order chi connectivity index (χ0) is 12.5. The van der Waals surface area contributed by atoms with E-state index < -0.39 is 7.79 Å². The average molecular weight is 268 g/mol. The van der Waals surface area contributed by atoms with E-state index in [2.05, 4.69) is 37.2 Å². The van der Waals surface area contributed by atoms with Crippen LogP contribution in [0.5, 0.6) is 0 Å². The van der Waals surface area contributed by atoms with E-state index in [9.17, 15) is 0 Å². The van der Waals surface area contributed by atoms with Crippen molar-refractivity contribution in [2.24, 2.45) is 0 Å². The number of hydrogen-bond acceptors (Lipinski definition) is 2. The summed E-state index contributed by atoms with van der Waals surface area (Å²) in [7, 11) is -0.259. The molecular formula is C13H18ClNOSi. The molecule has 1 aromatic rings. The molecule has 2 nitrogen and oxygen atoms in total. The van der Waals surface area contributed by atoms with E-state index >= 15 is 0 Å². The maximum Gasteiger partial charge on any atom is 0.377 e. The van der Waals surface area contributed by atoms with Crippen LogP contribution in [-0.4, -0.2) is 25.4 Å². The fraction of sp³-hybridized carbons (Fsp3) is 0.385. The largest absolute Gasteiger partial charge is 0.383 e. The van der Waals surface area contributed by atoms with Crippen LogP contribution in [0.1, 0.15) is 18.6 Å². The molecule has 0 amide bonds. The molecule has 0 aromatic heterocycles.